The molecule has 6 nitrogen and oxygen atoms in total. The summed E-state index contributed by atoms with van der Waals surface area (Å²) in [6.45, 7) is 0. The van der Waals surface area contributed by atoms with Gasteiger partial charge in [0.15, 0.2) is 0 Å². The Kier molecular flexibility index (Phi) is 9.19. The summed E-state index contributed by atoms with van der Waals surface area (Å²) >= 11 is 0. The molecule has 1 aliphatic rings. The Morgan fingerprint density at radius 3 is 1.00 bits per heavy atom. The number of hydrogen-bond acceptors (Lipinski definition) is 4. The van der Waals surface area contributed by atoms with Gasteiger partial charge in [-0.15, -0.1) is 0 Å². The first kappa shape index (κ1) is 39.2. The third-order valence-electron chi connectivity index (χ3n) is 11.3. The average molecular weight is 940 g/mol. The van der Waals surface area contributed by atoms with Crippen LogP contribution in [0.5, 0.6) is 11.5 Å². The Morgan fingerprint density at radius 2 is 0.705 bits per heavy atom. The fraction of sp³-hybridized carbons (Fsp3) is 0.0204. The first-order valence-corrected chi connectivity index (χ1v) is 22.0. The van der Waals surface area contributed by atoms with Crippen molar-refractivity contribution in [2.45, 2.75) is 5.51 Å². The van der Waals surface area contributed by atoms with E-state index < -0.39 is 23.3 Å². The molecule has 1 N–H and O–H groups in total. The maximum Gasteiger partial charge on any atom is 0.518 e. The number of rotatable bonds is 3. The fourth-order valence-corrected chi connectivity index (χ4v) is 11.4. The van der Waals surface area contributed by atoms with E-state index in [0.717, 1.165) is 53.9 Å². The molecule has 1 radical (unpaired) electrons. The van der Waals surface area contributed by atoms with Crippen molar-refractivity contribution in [3.05, 3.63) is 170 Å². The quantitative estimate of drug-likeness (QED) is 0.108. The van der Waals surface area contributed by atoms with Crippen molar-refractivity contribution in [2.75, 3.05) is 0 Å². The van der Waals surface area contributed by atoms with Crippen LogP contribution < -0.4 is 9.05 Å². The number of hydrogen-bond donors (Lipinski definition) is 1. The van der Waals surface area contributed by atoms with Gasteiger partial charge in [-0.3, -0.25) is 4.89 Å². The summed E-state index contributed by atoms with van der Waals surface area (Å²) in [5.74, 6) is -0.146. The first-order chi connectivity index (χ1) is 29.0. The van der Waals surface area contributed by atoms with Crippen molar-refractivity contribution in [3.8, 4) is 44.9 Å². The predicted molar refractivity (Wildman–Crippen MR) is 236 cm³/mol. The normalized spacial score (nSPS) is 13.6. The van der Waals surface area contributed by atoms with Gasteiger partial charge in [-0.1, -0.05) is 150 Å². The number of nitrogens with zero attached hydrogens (tertiary/aromatic N) is 1. The van der Waals surface area contributed by atoms with Crippen LogP contribution in [0.2, 0.25) is 0 Å². The summed E-state index contributed by atoms with van der Waals surface area (Å²) < 4.78 is 85.4. The zero-order chi connectivity index (χ0) is 41.0. The summed E-state index contributed by atoms with van der Waals surface area (Å²) in [7, 11) is -11.8. The molecule has 0 aliphatic carbocycles. The van der Waals surface area contributed by atoms with E-state index in [4.69, 9.17) is 9.05 Å². The van der Waals surface area contributed by atoms with E-state index in [9.17, 15) is 26.5 Å². The maximum absolute atomic E-state index is 14.4. The van der Waals surface area contributed by atoms with E-state index in [1.54, 1.807) is 0 Å². The van der Waals surface area contributed by atoms with Crippen LogP contribution in [0, 0.1) is 0 Å². The molecule has 0 amide bonds. The van der Waals surface area contributed by atoms with E-state index >= 15 is 0 Å². The predicted octanol–water partition coefficient (Wildman–Crippen LogP) is 14.2. The zero-order valence-electron chi connectivity index (χ0n) is 31.5. The summed E-state index contributed by atoms with van der Waals surface area (Å²) in [5.41, 5.74) is -2.95. The molecule has 0 atom stereocenters. The molecule has 0 fully saturated rings. The molecule has 10 aromatic carbocycles. The van der Waals surface area contributed by atoms with E-state index in [2.05, 4.69) is 16.3 Å². The summed E-state index contributed by atoms with van der Waals surface area (Å²) in [6, 6.07) is 53.7. The molecule has 0 saturated carbocycles. The average Bonchev–Trinajstić information content (AvgIpc) is 3.38. The SMILES string of the molecule is O=S(=O)(N=P1(O)Oc2c(-c3c4ccccc4cc4ccccc34)cc3ccccc3c2-c2c(c(-c3c4ccccc4cc4ccccc34)cc3ccccc23)O1)C(F)(F)F.[Ag]. The smallest absolute Gasteiger partial charge is 0.408 e. The van der Waals surface area contributed by atoms with E-state index in [1.165, 1.54) is 0 Å². The van der Waals surface area contributed by atoms with Gasteiger partial charge >= 0.3 is 23.3 Å². The fourth-order valence-electron chi connectivity index (χ4n) is 8.79. The van der Waals surface area contributed by atoms with Gasteiger partial charge in [-0.2, -0.15) is 21.6 Å². The van der Waals surface area contributed by atoms with Crippen LogP contribution in [-0.2, 0) is 32.4 Å². The number of fused-ring (bicyclic) bond motifs is 11. The van der Waals surface area contributed by atoms with Gasteiger partial charge in [0.1, 0.15) is 11.5 Å². The molecule has 61 heavy (non-hydrogen) atoms. The van der Waals surface area contributed by atoms with Crippen molar-refractivity contribution < 1.29 is 57.9 Å². The first-order valence-electron chi connectivity index (χ1n) is 19.0. The minimum absolute atomic E-state index is 0. The molecule has 0 bridgehead atoms. The Morgan fingerprint density at radius 1 is 0.443 bits per heavy atom. The Bertz CT molecular complexity index is 3350. The maximum atomic E-state index is 14.4. The van der Waals surface area contributed by atoms with Gasteiger partial charge in [-0.05, 0) is 88.9 Å². The molecule has 11 rings (SSSR count). The van der Waals surface area contributed by atoms with Crippen LogP contribution in [0.3, 0.4) is 0 Å². The third-order valence-corrected chi connectivity index (χ3v) is 14.4. The molecule has 0 saturated heterocycles. The van der Waals surface area contributed by atoms with Crippen molar-refractivity contribution in [2.24, 2.45) is 4.15 Å². The number of benzene rings is 10. The van der Waals surface area contributed by atoms with Gasteiger partial charge < -0.3 is 9.05 Å². The van der Waals surface area contributed by atoms with E-state index in [1.807, 2.05) is 158 Å². The van der Waals surface area contributed by atoms with Gasteiger partial charge in [0.05, 0.1) is 0 Å². The van der Waals surface area contributed by atoms with E-state index in [0.29, 0.717) is 44.2 Å². The van der Waals surface area contributed by atoms with Crippen molar-refractivity contribution >= 4 is 82.4 Å². The largest absolute Gasteiger partial charge is 0.518 e. The number of sulfonamides is 1. The van der Waals surface area contributed by atoms with Crippen molar-refractivity contribution in [3.63, 3.8) is 0 Å². The molecule has 12 heteroatoms. The van der Waals surface area contributed by atoms with Crippen LogP contribution in [0.15, 0.2) is 174 Å². The molecule has 0 unspecified atom stereocenters. The number of halogens is 3. The molecule has 0 aromatic heterocycles. The summed E-state index contributed by atoms with van der Waals surface area (Å²) in [6.07, 6.45) is 0. The molecule has 10 aromatic rings. The second kappa shape index (κ2) is 14.3. The van der Waals surface area contributed by atoms with Gasteiger partial charge in [0.25, 0.3) is 0 Å². The second-order valence-corrected chi connectivity index (χ2v) is 18.2. The third kappa shape index (κ3) is 6.25. The van der Waals surface area contributed by atoms with Crippen LogP contribution >= 0.6 is 7.74 Å². The standard InChI is InChI=1S/C49H29F3NO5PS.Ag/c50-49(51,52)60(55,56)53-59(54)57-47-41(43-35-19-7-1-13-29(35)25-30-14-2-8-20-36(30)43)27-33-17-5-11-23-39(33)45(47)46-40-24-12-6-18-34(40)28-42(48(46)58-59)44-37-21-9-3-15-31(37)26-32-16-4-10-22-38(32)44;/h1-28,54H;. The van der Waals surface area contributed by atoms with Crippen LogP contribution in [-0.4, -0.2) is 18.8 Å². The minimum atomic E-state index is -6.38. The van der Waals surface area contributed by atoms with Gasteiger partial charge in [0.2, 0.25) is 0 Å². The molecule has 1 aliphatic heterocycles. The second-order valence-electron chi connectivity index (χ2n) is 14.8. The topological polar surface area (TPSA) is 85.2 Å². The molecular weight excluding hydrogens is 910 g/mol. The Labute approximate surface area is 362 Å². The van der Waals surface area contributed by atoms with Gasteiger partial charge in [-0.25, -0.2) is 0 Å². The summed E-state index contributed by atoms with van der Waals surface area (Å²) in [4.78, 5) is 12.6. The Hall–Kier alpha value is -5.97. The van der Waals surface area contributed by atoms with Crippen LogP contribution in [0.4, 0.5) is 13.2 Å². The molecule has 1 heterocycles. The Balaban J connectivity index is 0.00000445. The molecule has 303 valence electrons. The van der Waals surface area contributed by atoms with E-state index in [-0.39, 0.29) is 33.9 Å². The number of alkyl halides is 3. The zero-order valence-corrected chi connectivity index (χ0v) is 34.7. The van der Waals surface area contributed by atoms with Gasteiger partial charge in [0, 0.05) is 55.8 Å². The molecule has 0 spiro atoms. The van der Waals surface area contributed by atoms with Crippen LogP contribution in [0.1, 0.15) is 0 Å². The monoisotopic (exact) mass is 938 g/mol. The summed E-state index contributed by atoms with van der Waals surface area (Å²) in [5, 5.41) is 9.47. The molecular formula is C49H29AgF3NO5PS. The van der Waals surface area contributed by atoms with Crippen molar-refractivity contribution in [1.82, 2.24) is 0 Å². The minimum Gasteiger partial charge on any atom is -0.408 e. The van der Waals surface area contributed by atoms with Crippen LogP contribution in [0.25, 0.3) is 98.0 Å². The van der Waals surface area contributed by atoms with Crippen molar-refractivity contribution in [1.29, 1.82) is 0 Å².